The molecule has 0 saturated heterocycles. The van der Waals surface area contributed by atoms with Crippen molar-refractivity contribution >= 4 is 23.1 Å². The van der Waals surface area contributed by atoms with Gasteiger partial charge < -0.3 is 10.2 Å². The van der Waals surface area contributed by atoms with Gasteiger partial charge in [-0.25, -0.2) is 9.37 Å². The number of hydrogen-bond acceptors (Lipinski definition) is 4. The van der Waals surface area contributed by atoms with Crippen molar-refractivity contribution in [2.45, 2.75) is 6.18 Å². The number of rotatable bonds is 4. The van der Waals surface area contributed by atoms with Crippen molar-refractivity contribution in [3.63, 3.8) is 0 Å². The topological polar surface area (TPSA) is 58.1 Å². The van der Waals surface area contributed by atoms with Gasteiger partial charge in [-0.15, -0.1) is 0 Å². The van der Waals surface area contributed by atoms with E-state index in [1.54, 1.807) is 36.5 Å². The maximum atomic E-state index is 13.4. The number of aromatic nitrogens is 2. The Kier molecular flexibility index (Phi) is 5.25. The zero-order chi connectivity index (χ0) is 20.3. The van der Waals surface area contributed by atoms with Crippen LogP contribution in [0.1, 0.15) is 15.9 Å². The van der Waals surface area contributed by atoms with E-state index in [9.17, 15) is 22.4 Å². The van der Waals surface area contributed by atoms with Gasteiger partial charge in [-0.1, -0.05) is 0 Å². The van der Waals surface area contributed by atoms with Crippen LogP contribution < -0.4 is 10.2 Å². The summed E-state index contributed by atoms with van der Waals surface area (Å²) >= 11 is 0. The minimum absolute atomic E-state index is 0.139. The van der Waals surface area contributed by atoms with Gasteiger partial charge in [-0.3, -0.25) is 9.78 Å². The van der Waals surface area contributed by atoms with Crippen LogP contribution >= 0.6 is 0 Å². The summed E-state index contributed by atoms with van der Waals surface area (Å²) in [4.78, 5) is 22.4. The van der Waals surface area contributed by atoms with Crippen molar-refractivity contribution < 1.29 is 22.4 Å². The third-order valence-corrected chi connectivity index (χ3v) is 3.93. The van der Waals surface area contributed by atoms with Crippen molar-refractivity contribution in [3.8, 4) is 0 Å². The quantitative estimate of drug-likeness (QED) is 0.659. The first-order valence-corrected chi connectivity index (χ1v) is 8.04. The predicted molar refractivity (Wildman–Crippen MR) is 95.9 cm³/mol. The van der Waals surface area contributed by atoms with Crippen LogP contribution in [0.3, 0.4) is 0 Å². The van der Waals surface area contributed by atoms with Crippen molar-refractivity contribution in [1.29, 1.82) is 0 Å². The average Bonchev–Trinajstić information content (AvgIpc) is 2.68. The van der Waals surface area contributed by atoms with Crippen LogP contribution in [-0.4, -0.2) is 22.9 Å². The molecule has 3 rings (SSSR count). The molecule has 144 valence electrons. The number of nitrogens with one attached hydrogen (secondary N) is 1. The monoisotopic (exact) mass is 390 g/mol. The molecule has 5 nitrogen and oxygen atoms in total. The Morgan fingerprint density at radius 2 is 1.79 bits per heavy atom. The summed E-state index contributed by atoms with van der Waals surface area (Å²) in [7, 11) is 1.69. The summed E-state index contributed by atoms with van der Waals surface area (Å²) in [5.41, 5.74) is -0.783. The lowest BCUT2D eigenvalue weighted by atomic mass is 10.1. The number of halogens is 4. The number of amides is 1. The van der Waals surface area contributed by atoms with Gasteiger partial charge in [-0.2, -0.15) is 13.2 Å². The van der Waals surface area contributed by atoms with Crippen LogP contribution in [0.15, 0.2) is 61.1 Å². The van der Waals surface area contributed by atoms with Gasteiger partial charge in [0, 0.05) is 37.0 Å². The maximum Gasteiger partial charge on any atom is 0.419 e. The molecule has 0 aliphatic carbocycles. The maximum absolute atomic E-state index is 13.4. The molecule has 0 fully saturated rings. The first-order chi connectivity index (χ1) is 13.3. The lowest BCUT2D eigenvalue weighted by Gasteiger charge is -2.20. The lowest BCUT2D eigenvalue weighted by molar-refractivity contribution is -0.139. The van der Waals surface area contributed by atoms with E-state index in [0.29, 0.717) is 23.6 Å². The second kappa shape index (κ2) is 7.63. The molecule has 0 aliphatic rings. The van der Waals surface area contributed by atoms with E-state index in [1.165, 1.54) is 18.3 Å². The fourth-order valence-corrected chi connectivity index (χ4v) is 2.55. The highest BCUT2D eigenvalue weighted by atomic mass is 19.4. The SMILES string of the molecule is CN(c1ccncc1)c1ncccc1C(=O)Nc1ccc(F)c(C(F)(F)F)c1. The van der Waals surface area contributed by atoms with Crippen LogP contribution in [0.2, 0.25) is 0 Å². The Bertz CT molecular complexity index is 993. The fourth-order valence-electron chi connectivity index (χ4n) is 2.55. The van der Waals surface area contributed by atoms with Crippen LogP contribution in [0.4, 0.5) is 34.8 Å². The number of benzene rings is 1. The Morgan fingerprint density at radius 1 is 1.07 bits per heavy atom. The molecule has 1 N–H and O–H groups in total. The summed E-state index contributed by atoms with van der Waals surface area (Å²) in [5, 5.41) is 2.36. The molecule has 9 heteroatoms. The van der Waals surface area contributed by atoms with Gasteiger partial charge in [0.2, 0.25) is 0 Å². The Labute approximate surface area is 157 Å². The molecule has 0 aliphatic heterocycles. The average molecular weight is 390 g/mol. The van der Waals surface area contributed by atoms with Gasteiger partial charge in [0.05, 0.1) is 11.1 Å². The molecule has 1 aromatic carbocycles. The van der Waals surface area contributed by atoms with Crippen LogP contribution in [0.5, 0.6) is 0 Å². The highest BCUT2D eigenvalue weighted by molar-refractivity contribution is 6.08. The minimum atomic E-state index is -4.87. The summed E-state index contributed by atoms with van der Waals surface area (Å²) < 4.78 is 52.0. The molecule has 28 heavy (non-hydrogen) atoms. The Balaban J connectivity index is 1.91. The molecule has 0 saturated carbocycles. The molecule has 0 spiro atoms. The van der Waals surface area contributed by atoms with Crippen molar-refractivity contribution in [3.05, 3.63) is 78.0 Å². The molecule has 0 bridgehead atoms. The largest absolute Gasteiger partial charge is 0.419 e. The number of carbonyl (C=O) groups is 1. The molecule has 1 amide bonds. The van der Waals surface area contributed by atoms with Crippen molar-refractivity contribution in [1.82, 2.24) is 9.97 Å². The van der Waals surface area contributed by atoms with Crippen LogP contribution in [-0.2, 0) is 6.18 Å². The Morgan fingerprint density at radius 3 is 2.46 bits per heavy atom. The third kappa shape index (κ3) is 4.08. The van der Waals surface area contributed by atoms with E-state index in [4.69, 9.17) is 0 Å². The van der Waals surface area contributed by atoms with E-state index in [1.807, 2.05) is 0 Å². The zero-order valence-electron chi connectivity index (χ0n) is 14.5. The third-order valence-electron chi connectivity index (χ3n) is 3.93. The van der Waals surface area contributed by atoms with Gasteiger partial charge in [0.15, 0.2) is 0 Å². The number of carbonyl (C=O) groups excluding carboxylic acids is 1. The number of anilines is 3. The molecule has 2 aromatic heterocycles. The second-order valence-corrected chi connectivity index (χ2v) is 5.79. The van der Waals surface area contributed by atoms with E-state index >= 15 is 0 Å². The van der Waals surface area contributed by atoms with Gasteiger partial charge >= 0.3 is 6.18 Å². The number of nitrogens with zero attached hydrogens (tertiary/aromatic N) is 3. The fraction of sp³-hybridized carbons (Fsp3) is 0.105. The van der Waals surface area contributed by atoms with E-state index < -0.39 is 23.5 Å². The lowest BCUT2D eigenvalue weighted by Crippen LogP contribution is -2.20. The molecule has 2 heterocycles. The number of pyridine rings is 2. The van der Waals surface area contributed by atoms with Crippen molar-refractivity contribution in [2.75, 3.05) is 17.3 Å². The van der Waals surface area contributed by atoms with E-state index in [2.05, 4.69) is 15.3 Å². The molecule has 0 atom stereocenters. The zero-order valence-corrected chi connectivity index (χ0v) is 14.5. The molecular weight excluding hydrogens is 376 g/mol. The molecule has 3 aromatic rings. The van der Waals surface area contributed by atoms with E-state index in [0.717, 1.165) is 6.07 Å². The van der Waals surface area contributed by atoms with E-state index in [-0.39, 0.29) is 11.3 Å². The highest BCUT2D eigenvalue weighted by Gasteiger charge is 2.34. The number of alkyl halides is 3. The normalized spacial score (nSPS) is 11.2. The minimum Gasteiger partial charge on any atom is -0.329 e. The highest BCUT2D eigenvalue weighted by Crippen LogP contribution is 2.33. The second-order valence-electron chi connectivity index (χ2n) is 5.79. The van der Waals surface area contributed by atoms with Gasteiger partial charge in [-0.05, 0) is 42.5 Å². The predicted octanol–water partition coefficient (Wildman–Crippen LogP) is 4.65. The first kappa shape index (κ1) is 19.3. The van der Waals surface area contributed by atoms with Gasteiger partial charge in [0.25, 0.3) is 5.91 Å². The summed E-state index contributed by atoms with van der Waals surface area (Å²) in [6.45, 7) is 0. The summed E-state index contributed by atoms with van der Waals surface area (Å²) in [6.07, 6.45) is -0.229. The van der Waals surface area contributed by atoms with Crippen LogP contribution in [0.25, 0.3) is 0 Å². The van der Waals surface area contributed by atoms with Crippen LogP contribution in [0, 0.1) is 5.82 Å². The molecule has 0 unspecified atom stereocenters. The summed E-state index contributed by atoms with van der Waals surface area (Å²) in [6, 6.07) is 8.72. The number of hydrogen-bond donors (Lipinski definition) is 1. The molecule has 0 radical (unpaired) electrons. The smallest absolute Gasteiger partial charge is 0.329 e. The summed E-state index contributed by atoms with van der Waals surface area (Å²) in [5.74, 6) is -1.79. The first-order valence-electron chi connectivity index (χ1n) is 8.04. The van der Waals surface area contributed by atoms with Gasteiger partial charge in [0.1, 0.15) is 11.6 Å². The Hall–Kier alpha value is -3.49. The molecular formula is C19H14F4N4O. The standard InChI is InChI=1S/C19H14F4N4O/c1-27(13-6-9-24-10-7-13)17-14(3-2-8-25-17)18(28)26-12-4-5-16(20)15(11-12)19(21,22)23/h2-11H,1H3,(H,26,28). The van der Waals surface area contributed by atoms with Crippen molar-refractivity contribution in [2.24, 2.45) is 0 Å².